The Morgan fingerprint density at radius 3 is 3.08 bits per heavy atom. The first-order chi connectivity index (χ1) is 6.29. The molecule has 13 heavy (non-hydrogen) atoms. The van der Waals surface area contributed by atoms with E-state index in [-0.39, 0.29) is 18.1 Å². The van der Waals surface area contributed by atoms with Gasteiger partial charge in [0.2, 0.25) is 0 Å². The lowest BCUT2D eigenvalue weighted by atomic mass is 9.95. The van der Waals surface area contributed by atoms with Crippen LogP contribution in [0.2, 0.25) is 0 Å². The highest BCUT2D eigenvalue weighted by Crippen LogP contribution is 2.34. The van der Waals surface area contributed by atoms with Gasteiger partial charge in [0.05, 0.1) is 12.2 Å². The largest absolute Gasteiger partial charge is 0.387 e. The Balaban J connectivity index is 2.08. The van der Waals surface area contributed by atoms with E-state index < -0.39 is 0 Å². The third-order valence-electron chi connectivity index (χ3n) is 2.68. The second-order valence-corrected chi connectivity index (χ2v) is 4.47. The van der Waals surface area contributed by atoms with E-state index in [0.717, 1.165) is 17.9 Å². The Hall–Kier alpha value is -0.380. The fourth-order valence-corrected chi connectivity index (χ4v) is 2.62. The molecule has 0 saturated carbocycles. The van der Waals surface area contributed by atoms with Crippen LogP contribution in [0.1, 0.15) is 24.3 Å². The number of aliphatic hydroxyl groups excluding tert-OH is 1. The summed E-state index contributed by atoms with van der Waals surface area (Å²) in [5.74, 6) is 0.277. The van der Waals surface area contributed by atoms with Gasteiger partial charge in [0.25, 0.3) is 0 Å². The van der Waals surface area contributed by atoms with Crippen LogP contribution in [0.3, 0.4) is 0 Å². The zero-order chi connectivity index (χ0) is 9.26. The van der Waals surface area contributed by atoms with Crippen LogP contribution >= 0.6 is 11.3 Å². The van der Waals surface area contributed by atoms with Crippen LogP contribution in [0.5, 0.6) is 0 Å². The van der Waals surface area contributed by atoms with Crippen LogP contribution in [0.15, 0.2) is 17.5 Å². The predicted molar refractivity (Wildman–Crippen MR) is 52.8 cm³/mol. The highest BCUT2D eigenvalue weighted by Gasteiger charge is 2.31. The molecule has 1 aromatic heterocycles. The van der Waals surface area contributed by atoms with Gasteiger partial charge >= 0.3 is 0 Å². The summed E-state index contributed by atoms with van der Waals surface area (Å²) < 4.78 is 5.43. The van der Waals surface area contributed by atoms with E-state index in [2.05, 4.69) is 0 Å². The number of hydrogen-bond acceptors (Lipinski definition) is 3. The molecule has 1 aliphatic rings. The van der Waals surface area contributed by atoms with Crippen LogP contribution in [0.4, 0.5) is 0 Å². The summed E-state index contributed by atoms with van der Waals surface area (Å²) in [6.45, 7) is 2.82. The average Bonchev–Trinajstić information content (AvgIpc) is 2.72. The molecular formula is C10H14O2S. The van der Waals surface area contributed by atoms with Crippen molar-refractivity contribution in [1.29, 1.82) is 0 Å². The van der Waals surface area contributed by atoms with Crippen molar-refractivity contribution < 1.29 is 9.84 Å². The van der Waals surface area contributed by atoms with E-state index in [1.165, 1.54) is 0 Å². The van der Waals surface area contributed by atoms with Crippen molar-refractivity contribution in [2.75, 3.05) is 6.61 Å². The van der Waals surface area contributed by atoms with Crippen LogP contribution < -0.4 is 0 Å². The topological polar surface area (TPSA) is 29.5 Å². The fraction of sp³-hybridized carbons (Fsp3) is 0.600. The number of ether oxygens (including phenoxy) is 1. The first kappa shape index (κ1) is 9.19. The molecule has 3 heteroatoms. The van der Waals surface area contributed by atoms with Gasteiger partial charge in [-0.3, -0.25) is 0 Å². The summed E-state index contributed by atoms with van der Waals surface area (Å²) in [4.78, 5) is 1.06. The molecular weight excluding hydrogens is 184 g/mol. The summed E-state index contributed by atoms with van der Waals surface area (Å²) in [5.41, 5.74) is 0. The van der Waals surface area contributed by atoms with E-state index in [9.17, 15) is 5.11 Å². The third kappa shape index (κ3) is 1.77. The maximum absolute atomic E-state index is 10.0. The first-order valence-electron chi connectivity index (χ1n) is 4.62. The standard InChI is InChI=1S/C10H14O2S/c1-7-8(4-5-12-7)10(11)9-3-2-6-13-9/h2-3,6-8,10-11H,4-5H2,1H3. The van der Waals surface area contributed by atoms with Gasteiger partial charge in [-0.05, 0) is 24.8 Å². The molecule has 3 unspecified atom stereocenters. The smallest absolute Gasteiger partial charge is 0.0935 e. The number of aliphatic hydroxyl groups is 1. The molecule has 0 amide bonds. The van der Waals surface area contributed by atoms with E-state index in [1.54, 1.807) is 11.3 Å². The number of thiophene rings is 1. The molecule has 0 bridgehead atoms. The first-order valence-corrected chi connectivity index (χ1v) is 5.50. The van der Waals surface area contributed by atoms with Gasteiger partial charge in [0.15, 0.2) is 0 Å². The molecule has 0 aromatic carbocycles. The molecule has 0 spiro atoms. The molecule has 1 aromatic rings. The molecule has 2 heterocycles. The van der Waals surface area contributed by atoms with E-state index in [0.29, 0.717) is 0 Å². The Morgan fingerprint density at radius 1 is 1.69 bits per heavy atom. The molecule has 1 N–H and O–H groups in total. The zero-order valence-corrected chi connectivity index (χ0v) is 8.46. The Labute approximate surface area is 82.2 Å². The van der Waals surface area contributed by atoms with Gasteiger partial charge in [-0.25, -0.2) is 0 Å². The molecule has 0 aliphatic carbocycles. The highest BCUT2D eigenvalue weighted by molar-refractivity contribution is 7.10. The monoisotopic (exact) mass is 198 g/mol. The summed E-state index contributed by atoms with van der Waals surface area (Å²) in [5, 5.41) is 12.0. The lowest BCUT2D eigenvalue weighted by Crippen LogP contribution is -2.18. The van der Waals surface area contributed by atoms with Crippen molar-refractivity contribution in [3.05, 3.63) is 22.4 Å². The van der Waals surface area contributed by atoms with Gasteiger partial charge in [-0.1, -0.05) is 6.07 Å². The molecule has 2 nitrogen and oxygen atoms in total. The van der Waals surface area contributed by atoms with Crippen molar-refractivity contribution in [1.82, 2.24) is 0 Å². The SMILES string of the molecule is CC1OCCC1C(O)c1cccs1. The summed E-state index contributed by atoms with van der Waals surface area (Å²) in [6, 6.07) is 3.96. The van der Waals surface area contributed by atoms with Gasteiger partial charge in [0.1, 0.15) is 0 Å². The minimum Gasteiger partial charge on any atom is -0.387 e. The minimum atomic E-state index is -0.336. The Kier molecular flexibility index (Phi) is 2.67. The average molecular weight is 198 g/mol. The zero-order valence-electron chi connectivity index (χ0n) is 7.64. The Bertz CT molecular complexity index is 258. The Morgan fingerprint density at radius 2 is 2.54 bits per heavy atom. The van der Waals surface area contributed by atoms with Crippen molar-refractivity contribution >= 4 is 11.3 Å². The van der Waals surface area contributed by atoms with Crippen molar-refractivity contribution in [3.8, 4) is 0 Å². The molecule has 72 valence electrons. The molecule has 1 saturated heterocycles. The van der Waals surface area contributed by atoms with Crippen LogP contribution in [0.25, 0.3) is 0 Å². The lowest BCUT2D eigenvalue weighted by molar-refractivity contribution is 0.0448. The van der Waals surface area contributed by atoms with Gasteiger partial charge in [-0.2, -0.15) is 0 Å². The molecule has 1 fully saturated rings. The predicted octanol–water partition coefficient (Wildman–Crippen LogP) is 2.21. The van der Waals surface area contributed by atoms with Gasteiger partial charge < -0.3 is 9.84 Å². The molecule has 2 rings (SSSR count). The van der Waals surface area contributed by atoms with E-state index >= 15 is 0 Å². The molecule has 0 radical (unpaired) electrons. The van der Waals surface area contributed by atoms with Gasteiger partial charge in [0, 0.05) is 17.4 Å². The van der Waals surface area contributed by atoms with E-state index in [4.69, 9.17) is 4.74 Å². The van der Waals surface area contributed by atoms with Crippen LogP contribution in [0, 0.1) is 5.92 Å². The minimum absolute atomic E-state index is 0.192. The number of rotatable bonds is 2. The molecule has 1 aliphatic heterocycles. The summed E-state index contributed by atoms with van der Waals surface area (Å²) in [7, 11) is 0. The van der Waals surface area contributed by atoms with Gasteiger partial charge in [-0.15, -0.1) is 11.3 Å². The second kappa shape index (κ2) is 3.78. The summed E-state index contributed by atoms with van der Waals surface area (Å²) in [6.07, 6.45) is 0.829. The van der Waals surface area contributed by atoms with Crippen LogP contribution in [-0.2, 0) is 4.74 Å². The third-order valence-corrected chi connectivity index (χ3v) is 3.62. The second-order valence-electron chi connectivity index (χ2n) is 3.49. The lowest BCUT2D eigenvalue weighted by Gasteiger charge is -2.19. The summed E-state index contributed by atoms with van der Waals surface area (Å²) >= 11 is 1.61. The van der Waals surface area contributed by atoms with Crippen molar-refractivity contribution in [2.45, 2.75) is 25.6 Å². The normalized spacial score (nSPS) is 30.6. The quantitative estimate of drug-likeness (QED) is 0.789. The van der Waals surface area contributed by atoms with Crippen LogP contribution in [-0.4, -0.2) is 17.8 Å². The molecule has 3 atom stereocenters. The van der Waals surface area contributed by atoms with E-state index in [1.807, 2.05) is 24.4 Å². The van der Waals surface area contributed by atoms with Crippen molar-refractivity contribution in [3.63, 3.8) is 0 Å². The maximum Gasteiger partial charge on any atom is 0.0935 e. The maximum atomic E-state index is 10.0. The number of hydrogen-bond donors (Lipinski definition) is 1. The van der Waals surface area contributed by atoms with Crippen molar-refractivity contribution in [2.24, 2.45) is 5.92 Å². The fourth-order valence-electron chi connectivity index (χ4n) is 1.83. The highest BCUT2D eigenvalue weighted by atomic mass is 32.1.